The Labute approximate surface area is 127 Å². The molecule has 5 heteroatoms. The van der Waals surface area contributed by atoms with Crippen molar-refractivity contribution in [3.8, 4) is 0 Å². The highest BCUT2D eigenvalue weighted by Gasteiger charge is 2.32. The molecule has 0 spiro atoms. The van der Waals surface area contributed by atoms with Gasteiger partial charge in [-0.15, -0.1) is 0 Å². The van der Waals surface area contributed by atoms with Crippen LogP contribution in [0.25, 0.3) is 0 Å². The number of anilines is 1. The first-order valence-electron chi connectivity index (χ1n) is 7.23. The van der Waals surface area contributed by atoms with Crippen LogP contribution in [0.5, 0.6) is 0 Å². The number of carbonyl (C=O) groups excluding carboxylic acids is 1. The zero-order valence-electron chi connectivity index (χ0n) is 11.4. The number of rotatable bonds is 2. The van der Waals surface area contributed by atoms with Gasteiger partial charge in [-0.25, -0.2) is 0 Å². The molecule has 2 aliphatic heterocycles. The standard InChI is InChI=1S/C15H20BrN3O/c16-10-3-4-13(14(17)8-10)15(20)18-11-5-7-19-6-1-2-12(19)9-11/h3-4,8,11-12H,1-2,5-7,9,17H2,(H,18,20). The summed E-state index contributed by atoms with van der Waals surface area (Å²) in [6, 6.07) is 6.35. The largest absolute Gasteiger partial charge is 0.398 e. The number of nitrogens with one attached hydrogen (secondary N) is 1. The van der Waals surface area contributed by atoms with Crippen molar-refractivity contribution < 1.29 is 4.79 Å². The molecular weight excluding hydrogens is 318 g/mol. The molecule has 2 saturated heterocycles. The van der Waals surface area contributed by atoms with Gasteiger partial charge >= 0.3 is 0 Å². The lowest BCUT2D eigenvalue weighted by Crippen LogP contribution is -2.47. The predicted molar refractivity (Wildman–Crippen MR) is 83.6 cm³/mol. The predicted octanol–water partition coefficient (Wildman–Crippen LogP) is 2.39. The number of fused-ring (bicyclic) bond motifs is 1. The van der Waals surface area contributed by atoms with Crippen molar-refractivity contribution in [1.82, 2.24) is 10.2 Å². The number of hydrogen-bond donors (Lipinski definition) is 2. The summed E-state index contributed by atoms with van der Waals surface area (Å²) in [4.78, 5) is 14.9. The molecule has 1 amide bonds. The minimum atomic E-state index is -0.0496. The molecule has 2 heterocycles. The fourth-order valence-electron chi connectivity index (χ4n) is 3.36. The third kappa shape index (κ3) is 2.83. The van der Waals surface area contributed by atoms with E-state index in [0.29, 0.717) is 17.3 Å². The van der Waals surface area contributed by atoms with Crippen molar-refractivity contribution >= 4 is 27.5 Å². The topological polar surface area (TPSA) is 58.4 Å². The molecule has 1 aromatic rings. The van der Waals surface area contributed by atoms with Crippen molar-refractivity contribution in [2.24, 2.45) is 0 Å². The Morgan fingerprint density at radius 2 is 2.20 bits per heavy atom. The summed E-state index contributed by atoms with van der Waals surface area (Å²) in [6.45, 7) is 2.33. The number of benzene rings is 1. The van der Waals surface area contributed by atoms with Gasteiger partial charge in [0.2, 0.25) is 0 Å². The van der Waals surface area contributed by atoms with Gasteiger partial charge < -0.3 is 16.0 Å². The van der Waals surface area contributed by atoms with Gasteiger partial charge in [0.25, 0.3) is 5.91 Å². The van der Waals surface area contributed by atoms with Crippen molar-refractivity contribution in [3.63, 3.8) is 0 Å². The van der Waals surface area contributed by atoms with Gasteiger partial charge in [0, 0.05) is 28.8 Å². The fraction of sp³-hybridized carbons (Fsp3) is 0.533. The molecule has 0 aromatic heterocycles. The Balaban J connectivity index is 1.64. The lowest BCUT2D eigenvalue weighted by molar-refractivity contribution is 0.0897. The highest BCUT2D eigenvalue weighted by atomic mass is 79.9. The Bertz CT molecular complexity index is 520. The van der Waals surface area contributed by atoms with Crippen molar-refractivity contribution in [2.45, 2.75) is 37.8 Å². The highest BCUT2D eigenvalue weighted by molar-refractivity contribution is 9.10. The summed E-state index contributed by atoms with van der Waals surface area (Å²) in [5.41, 5.74) is 7.01. The van der Waals surface area contributed by atoms with E-state index in [0.717, 1.165) is 23.9 Å². The Morgan fingerprint density at radius 3 is 3.00 bits per heavy atom. The summed E-state index contributed by atoms with van der Waals surface area (Å²) in [5, 5.41) is 3.15. The van der Waals surface area contributed by atoms with Crippen molar-refractivity contribution in [2.75, 3.05) is 18.8 Å². The zero-order chi connectivity index (χ0) is 14.1. The van der Waals surface area contributed by atoms with Crippen molar-refractivity contribution in [3.05, 3.63) is 28.2 Å². The van der Waals surface area contributed by atoms with Crippen LogP contribution in [0.1, 0.15) is 36.0 Å². The van der Waals surface area contributed by atoms with Gasteiger partial charge in [-0.1, -0.05) is 15.9 Å². The normalized spacial score (nSPS) is 26.2. The van der Waals surface area contributed by atoms with Crippen LogP contribution in [0.15, 0.2) is 22.7 Å². The van der Waals surface area contributed by atoms with Crippen LogP contribution in [0.4, 0.5) is 5.69 Å². The third-order valence-electron chi connectivity index (χ3n) is 4.41. The maximum Gasteiger partial charge on any atom is 0.253 e. The van der Waals surface area contributed by atoms with E-state index in [-0.39, 0.29) is 11.9 Å². The maximum absolute atomic E-state index is 12.3. The lowest BCUT2D eigenvalue weighted by Gasteiger charge is -2.35. The van der Waals surface area contributed by atoms with E-state index >= 15 is 0 Å². The molecule has 2 aliphatic rings. The molecule has 2 fully saturated rings. The van der Waals surface area contributed by atoms with E-state index in [1.807, 2.05) is 6.07 Å². The summed E-state index contributed by atoms with van der Waals surface area (Å²) in [6.07, 6.45) is 4.68. The number of hydrogen-bond acceptors (Lipinski definition) is 3. The molecule has 3 rings (SSSR count). The van der Waals surface area contributed by atoms with Gasteiger partial charge in [-0.05, 0) is 50.4 Å². The van der Waals surface area contributed by atoms with E-state index in [1.165, 1.54) is 19.4 Å². The maximum atomic E-state index is 12.3. The molecule has 4 nitrogen and oxygen atoms in total. The molecule has 3 N–H and O–H groups in total. The number of carbonyl (C=O) groups is 1. The quantitative estimate of drug-likeness (QED) is 0.814. The first-order chi connectivity index (χ1) is 9.63. The summed E-state index contributed by atoms with van der Waals surface area (Å²) in [7, 11) is 0. The number of amides is 1. The first-order valence-corrected chi connectivity index (χ1v) is 8.03. The molecule has 0 aliphatic carbocycles. The molecule has 0 radical (unpaired) electrons. The molecular formula is C15H20BrN3O. The van der Waals surface area contributed by atoms with Crippen LogP contribution in [-0.4, -0.2) is 36.0 Å². The summed E-state index contributed by atoms with van der Waals surface area (Å²) < 4.78 is 0.894. The second kappa shape index (κ2) is 5.74. The average Bonchev–Trinajstić information content (AvgIpc) is 2.85. The number of nitrogen functional groups attached to an aromatic ring is 1. The molecule has 0 bridgehead atoms. The number of nitrogens with zero attached hydrogens (tertiary/aromatic N) is 1. The monoisotopic (exact) mass is 337 g/mol. The van der Waals surface area contributed by atoms with Crippen LogP contribution < -0.4 is 11.1 Å². The minimum absolute atomic E-state index is 0.0496. The zero-order valence-corrected chi connectivity index (χ0v) is 13.0. The second-order valence-corrected chi connectivity index (χ2v) is 6.67. The Hall–Kier alpha value is -1.07. The van der Waals surface area contributed by atoms with E-state index in [1.54, 1.807) is 12.1 Å². The fourth-order valence-corrected chi connectivity index (χ4v) is 3.74. The number of nitrogens with two attached hydrogens (primary N) is 1. The molecule has 0 saturated carbocycles. The van der Waals surface area contributed by atoms with Gasteiger partial charge in [0.15, 0.2) is 0 Å². The number of piperidine rings is 1. The Morgan fingerprint density at radius 1 is 1.35 bits per heavy atom. The van der Waals surface area contributed by atoms with Crippen molar-refractivity contribution in [1.29, 1.82) is 0 Å². The molecule has 1 aromatic carbocycles. The van der Waals surface area contributed by atoms with Gasteiger partial charge in [-0.3, -0.25) is 4.79 Å². The summed E-state index contributed by atoms with van der Waals surface area (Å²) in [5.74, 6) is -0.0496. The molecule has 2 atom stereocenters. The van der Waals surface area contributed by atoms with Crippen LogP contribution in [-0.2, 0) is 0 Å². The minimum Gasteiger partial charge on any atom is -0.398 e. The third-order valence-corrected chi connectivity index (χ3v) is 4.91. The second-order valence-electron chi connectivity index (χ2n) is 5.76. The SMILES string of the molecule is Nc1cc(Br)ccc1C(=O)NC1CCN2CCCC2C1. The highest BCUT2D eigenvalue weighted by Crippen LogP contribution is 2.27. The van der Waals surface area contributed by atoms with Crippen LogP contribution in [0, 0.1) is 0 Å². The van der Waals surface area contributed by atoms with Gasteiger partial charge in [0.1, 0.15) is 0 Å². The number of halogens is 1. The van der Waals surface area contributed by atoms with Gasteiger partial charge in [0.05, 0.1) is 5.56 Å². The lowest BCUT2D eigenvalue weighted by atomic mass is 9.97. The Kier molecular flexibility index (Phi) is 3.98. The van der Waals surface area contributed by atoms with Crippen LogP contribution in [0.3, 0.4) is 0 Å². The van der Waals surface area contributed by atoms with Crippen LogP contribution >= 0.6 is 15.9 Å². The summed E-state index contributed by atoms with van der Waals surface area (Å²) >= 11 is 3.36. The van der Waals surface area contributed by atoms with Gasteiger partial charge in [-0.2, -0.15) is 0 Å². The van der Waals surface area contributed by atoms with E-state index in [2.05, 4.69) is 26.1 Å². The molecule has 2 unspecified atom stereocenters. The molecule has 20 heavy (non-hydrogen) atoms. The van der Waals surface area contributed by atoms with E-state index in [4.69, 9.17) is 5.73 Å². The van der Waals surface area contributed by atoms with E-state index < -0.39 is 0 Å². The van der Waals surface area contributed by atoms with E-state index in [9.17, 15) is 4.79 Å². The van der Waals surface area contributed by atoms with Crippen LogP contribution in [0.2, 0.25) is 0 Å². The first kappa shape index (κ1) is 13.9. The smallest absolute Gasteiger partial charge is 0.253 e. The average molecular weight is 338 g/mol. The molecule has 108 valence electrons.